The van der Waals surface area contributed by atoms with Gasteiger partial charge in [-0.25, -0.2) is 4.98 Å². The highest BCUT2D eigenvalue weighted by Crippen LogP contribution is 2.23. The van der Waals surface area contributed by atoms with Crippen molar-refractivity contribution in [1.82, 2.24) is 14.8 Å². The van der Waals surface area contributed by atoms with Gasteiger partial charge in [0, 0.05) is 37.6 Å². The number of hydrogen-bond donors (Lipinski definition) is 0. The third kappa shape index (κ3) is 4.53. The van der Waals surface area contributed by atoms with Crippen LogP contribution >= 0.6 is 11.3 Å². The monoisotopic (exact) mass is 379 g/mol. The van der Waals surface area contributed by atoms with Crippen LogP contribution in [-0.2, 0) is 11.3 Å². The minimum atomic E-state index is 0.0767. The fourth-order valence-electron chi connectivity index (χ4n) is 3.08. The topological polar surface area (TPSA) is 49.6 Å². The van der Waals surface area contributed by atoms with Gasteiger partial charge in [-0.15, -0.1) is 11.3 Å². The zero-order valence-electron chi connectivity index (χ0n) is 15.0. The Morgan fingerprint density at radius 3 is 2.67 bits per heavy atom. The van der Waals surface area contributed by atoms with Gasteiger partial charge in [-0.1, -0.05) is 30.3 Å². The summed E-state index contributed by atoms with van der Waals surface area (Å²) < 4.78 is 5.40. The average Bonchev–Trinajstić information content (AvgIpc) is 3.39. The van der Waals surface area contributed by atoms with E-state index in [9.17, 15) is 4.79 Å². The molecule has 1 aliphatic heterocycles. The lowest BCUT2D eigenvalue weighted by Gasteiger charge is -2.33. The molecule has 138 valence electrons. The molecule has 5 nitrogen and oxygen atoms in total. The summed E-state index contributed by atoms with van der Waals surface area (Å²) in [5, 5.41) is 3.10. The lowest BCUT2D eigenvalue weighted by Crippen LogP contribution is -2.47. The lowest BCUT2D eigenvalue weighted by atomic mass is 10.2. The zero-order chi connectivity index (χ0) is 18.5. The van der Waals surface area contributed by atoms with Crippen molar-refractivity contribution in [2.75, 3.05) is 26.2 Å². The summed E-state index contributed by atoms with van der Waals surface area (Å²) in [6, 6.07) is 13.7. The van der Waals surface area contributed by atoms with Crippen LogP contribution in [0.4, 0.5) is 0 Å². The van der Waals surface area contributed by atoms with E-state index in [1.807, 2.05) is 58.8 Å². The molecule has 0 saturated carbocycles. The zero-order valence-corrected chi connectivity index (χ0v) is 15.8. The van der Waals surface area contributed by atoms with E-state index in [-0.39, 0.29) is 5.91 Å². The highest BCUT2D eigenvalue weighted by molar-refractivity contribution is 7.09. The quantitative estimate of drug-likeness (QED) is 0.634. The maximum Gasteiger partial charge on any atom is 0.246 e. The van der Waals surface area contributed by atoms with Crippen LogP contribution in [-0.4, -0.2) is 46.9 Å². The van der Waals surface area contributed by atoms with Crippen molar-refractivity contribution >= 4 is 23.3 Å². The van der Waals surface area contributed by atoms with E-state index in [1.165, 1.54) is 0 Å². The Labute approximate surface area is 162 Å². The molecular formula is C21H21N3O2S. The van der Waals surface area contributed by atoms with Crippen LogP contribution in [0.1, 0.15) is 10.6 Å². The molecule has 4 rings (SSSR count). The van der Waals surface area contributed by atoms with Crippen LogP contribution in [0.5, 0.6) is 0 Å². The average molecular weight is 379 g/mol. The molecule has 0 N–H and O–H groups in total. The number of aromatic nitrogens is 1. The maximum absolute atomic E-state index is 12.4. The Balaban J connectivity index is 1.28. The number of piperazine rings is 1. The third-order valence-corrected chi connectivity index (χ3v) is 5.42. The first kappa shape index (κ1) is 17.7. The Morgan fingerprint density at radius 2 is 1.93 bits per heavy atom. The van der Waals surface area contributed by atoms with Crippen molar-refractivity contribution in [2.24, 2.45) is 0 Å². The fourth-order valence-corrected chi connectivity index (χ4v) is 3.90. The molecule has 6 heteroatoms. The molecular weight excluding hydrogens is 358 g/mol. The fraction of sp³-hybridized carbons (Fsp3) is 0.238. The van der Waals surface area contributed by atoms with Crippen LogP contribution in [0.2, 0.25) is 0 Å². The smallest absolute Gasteiger partial charge is 0.246 e. The van der Waals surface area contributed by atoms with Gasteiger partial charge in [0.1, 0.15) is 10.7 Å². The number of thiazole rings is 1. The second-order valence-electron chi connectivity index (χ2n) is 6.45. The number of carbonyl (C=O) groups excluding carboxylic acids is 1. The molecule has 0 bridgehead atoms. The molecule has 0 unspecified atom stereocenters. The van der Waals surface area contributed by atoms with E-state index in [0.717, 1.165) is 54.7 Å². The van der Waals surface area contributed by atoms with Gasteiger partial charge in [-0.05, 0) is 23.8 Å². The first-order chi connectivity index (χ1) is 13.3. The molecule has 2 aromatic heterocycles. The standard InChI is InChI=1S/C21H21N3O2S/c25-21(9-8-17-5-2-1-3-6-17)24-12-10-23(11-13-24)15-20-22-18(16-27-20)19-7-4-14-26-19/h1-9,14,16H,10-13,15H2/b9-8+. The van der Waals surface area contributed by atoms with Gasteiger partial charge < -0.3 is 9.32 Å². The number of benzene rings is 1. The first-order valence-electron chi connectivity index (χ1n) is 9.00. The van der Waals surface area contributed by atoms with E-state index in [1.54, 1.807) is 23.7 Å². The summed E-state index contributed by atoms with van der Waals surface area (Å²) >= 11 is 1.65. The van der Waals surface area contributed by atoms with E-state index in [0.29, 0.717) is 0 Å². The van der Waals surface area contributed by atoms with Crippen LogP contribution in [0.3, 0.4) is 0 Å². The number of hydrogen-bond acceptors (Lipinski definition) is 5. The Morgan fingerprint density at radius 1 is 1.11 bits per heavy atom. The van der Waals surface area contributed by atoms with Gasteiger partial charge in [0.05, 0.1) is 12.8 Å². The summed E-state index contributed by atoms with van der Waals surface area (Å²) in [6.07, 6.45) is 5.21. The van der Waals surface area contributed by atoms with Gasteiger partial charge >= 0.3 is 0 Å². The van der Waals surface area contributed by atoms with Gasteiger partial charge in [0.25, 0.3) is 0 Å². The van der Waals surface area contributed by atoms with Crippen molar-refractivity contribution < 1.29 is 9.21 Å². The summed E-state index contributed by atoms with van der Waals surface area (Å²) in [6.45, 7) is 4.02. The first-order valence-corrected chi connectivity index (χ1v) is 9.88. The van der Waals surface area contributed by atoms with Gasteiger partial charge in [0.15, 0.2) is 5.76 Å². The van der Waals surface area contributed by atoms with Gasteiger partial charge in [0.2, 0.25) is 5.91 Å². The van der Waals surface area contributed by atoms with Crippen molar-refractivity contribution in [3.63, 3.8) is 0 Å². The molecule has 1 saturated heterocycles. The number of carbonyl (C=O) groups is 1. The van der Waals surface area contributed by atoms with Crippen molar-refractivity contribution in [3.05, 3.63) is 70.8 Å². The number of amides is 1. The minimum absolute atomic E-state index is 0.0767. The molecule has 0 aliphatic carbocycles. The van der Waals surface area contributed by atoms with Crippen LogP contribution in [0.15, 0.2) is 64.6 Å². The second kappa shape index (κ2) is 8.33. The number of rotatable bonds is 5. The van der Waals surface area contributed by atoms with Crippen LogP contribution < -0.4 is 0 Å². The van der Waals surface area contributed by atoms with Gasteiger partial charge in [-0.2, -0.15) is 0 Å². The molecule has 3 aromatic rings. The Hall–Kier alpha value is -2.70. The molecule has 1 aromatic carbocycles. The second-order valence-corrected chi connectivity index (χ2v) is 7.39. The molecule has 1 fully saturated rings. The molecule has 27 heavy (non-hydrogen) atoms. The van der Waals surface area contributed by atoms with E-state index < -0.39 is 0 Å². The Bertz CT molecular complexity index is 895. The number of nitrogens with zero attached hydrogens (tertiary/aromatic N) is 3. The summed E-state index contributed by atoms with van der Waals surface area (Å²) in [4.78, 5) is 21.3. The SMILES string of the molecule is O=C(/C=C/c1ccccc1)N1CCN(Cc2nc(-c3ccco3)cs2)CC1. The largest absolute Gasteiger partial charge is 0.463 e. The van der Waals surface area contributed by atoms with Gasteiger partial charge in [-0.3, -0.25) is 9.69 Å². The molecule has 0 atom stereocenters. The molecule has 1 amide bonds. The molecule has 0 radical (unpaired) electrons. The predicted octanol–water partition coefficient (Wildman–Crippen LogP) is 3.76. The minimum Gasteiger partial charge on any atom is -0.463 e. The van der Waals surface area contributed by atoms with Crippen molar-refractivity contribution in [2.45, 2.75) is 6.54 Å². The van der Waals surface area contributed by atoms with E-state index >= 15 is 0 Å². The molecule has 3 heterocycles. The van der Waals surface area contributed by atoms with E-state index in [4.69, 9.17) is 4.42 Å². The highest BCUT2D eigenvalue weighted by Gasteiger charge is 2.20. The summed E-state index contributed by atoms with van der Waals surface area (Å²) in [7, 11) is 0. The maximum atomic E-state index is 12.4. The molecule has 1 aliphatic rings. The Kier molecular flexibility index (Phi) is 5.46. The van der Waals surface area contributed by atoms with Crippen LogP contribution in [0, 0.1) is 0 Å². The normalized spacial score (nSPS) is 15.5. The summed E-state index contributed by atoms with van der Waals surface area (Å²) in [5.41, 5.74) is 1.93. The van der Waals surface area contributed by atoms with Crippen molar-refractivity contribution in [3.8, 4) is 11.5 Å². The van der Waals surface area contributed by atoms with E-state index in [2.05, 4.69) is 9.88 Å². The van der Waals surface area contributed by atoms with Crippen molar-refractivity contribution in [1.29, 1.82) is 0 Å². The predicted molar refractivity (Wildman–Crippen MR) is 107 cm³/mol. The summed E-state index contributed by atoms with van der Waals surface area (Å²) in [5.74, 6) is 0.881. The third-order valence-electron chi connectivity index (χ3n) is 4.59. The highest BCUT2D eigenvalue weighted by atomic mass is 32.1. The lowest BCUT2D eigenvalue weighted by molar-refractivity contribution is -0.127. The molecule has 0 spiro atoms. The number of furan rings is 1. The van der Waals surface area contributed by atoms with Crippen LogP contribution in [0.25, 0.3) is 17.5 Å².